The van der Waals surface area contributed by atoms with Crippen molar-refractivity contribution < 1.29 is 0 Å². The molecule has 2 aliphatic rings. The van der Waals surface area contributed by atoms with Crippen molar-refractivity contribution in [3.63, 3.8) is 0 Å². The van der Waals surface area contributed by atoms with Gasteiger partial charge in [0.15, 0.2) is 0 Å². The van der Waals surface area contributed by atoms with E-state index in [-0.39, 0.29) is 0 Å². The van der Waals surface area contributed by atoms with Gasteiger partial charge in [0, 0.05) is 11.4 Å². The molecule has 0 unspecified atom stereocenters. The molecule has 2 aromatic rings. The summed E-state index contributed by atoms with van der Waals surface area (Å²) in [5, 5.41) is 0. The summed E-state index contributed by atoms with van der Waals surface area (Å²) < 4.78 is 0. The second kappa shape index (κ2) is 5.92. The van der Waals surface area contributed by atoms with Gasteiger partial charge in [-0.05, 0) is 103 Å². The average molecular weight is 306 g/mol. The molecule has 4 N–H and O–H groups in total. The van der Waals surface area contributed by atoms with Gasteiger partial charge in [0.25, 0.3) is 0 Å². The van der Waals surface area contributed by atoms with Gasteiger partial charge in [-0.15, -0.1) is 0 Å². The Morgan fingerprint density at radius 3 is 1.39 bits per heavy atom. The molecule has 0 saturated heterocycles. The first kappa shape index (κ1) is 14.6. The normalized spacial score (nSPS) is 16.7. The van der Waals surface area contributed by atoms with E-state index in [1.165, 1.54) is 71.9 Å². The first-order valence-electron chi connectivity index (χ1n) is 9.02. The van der Waals surface area contributed by atoms with Gasteiger partial charge in [0.05, 0.1) is 0 Å². The molecule has 2 nitrogen and oxygen atoms in total. The first-order chi connectivity index (χ1) is 11.2. The summed E-state index contributed by atoms with van der Waals surface area (Å²) in [6.45, 7) is 0. The van der Waals surface area contributed by atoms with Gasteiger partial charge in [0.1, 0.15) is 0 Å². The molecule has 0 atom stereocenters. The van der Waals surface area contributed by atoms with Gasteiger partial charge in [-0.3, -0.25) is 0 Å². The van der Waals surface area contributed by atoms with Crippen LogP contribution in [0.4, 0.5) is 11.4 Å². The number of benzene rings is 2. The number of anilines is 2. The molecule has 120 valence electrons. The summed E-state index contributed by atoms with van der Waals surface area (Å²) >= 11 is 0. The molecule has 2 aromatic carbocycles. The Balaban J connectivity index is 1.75. The van der Waals surface area contributed by atoms with Gasteiger partial charge in [-0.1, -0.05) is 12.1 Å². The van der Waals surface area contributed by atoms with Crippen LogP contribution in [-0.2, 0) is 32.1 Å². The van der Waals surface area contributed by atoms with E-state index in [4.69, 9.17) is 11.5 Å². The summed E-state index contributed by atoms with van der Waals surface area (Å²) in [6, 6.07) is 8.74. The van der Waals surface area contributed by atoms with Crippen LogP contribution >= 0.6 is 0 Å². The smallest absolute Gasteiger partial charge is 0.0349 e. The number of hydrogen-bond acceptors (Lipinski definition) is 2. The van der Waals surface area contributed by atoms with E-state index < -0.39 is 0 Å². The zero-order valence-electron chi connectivity index (χ0n) is 13.8. The zero-order chi connectivity index (χ0) is 15.8. The fraction of sp³-hybridized carbons (Fsp3) is 0.429. The van der Waals surface area contributed by atoms with E-state index in [9.17, 15) is 0 Å². The van der Waals surface area contributed by atoms with Crippen molar-refractivity contribution in [1.29, 1.82) is 0 Å². The minimum Gasteiger partial charge on any atom is -0.398 e. The van der Waals surface area contributed by atoms with Crippen LogP contribution in [-0.4, -0.2) is 0 Å². The zero-order valence-corrected chi connectivity index (χ0v) is 13.8. The van der Waals surface area contributed by atoms with Gasteiger partial charge in [0.2, 0.25) is 0 Å². The van der Waals surface area contributed by atoms with E-state index >= 15 is 0 Å². The van der Waals surface area contributed by atoms with E-state index in [2.05, 4.69) is 24.3 Å². The molecular weight excluding hydrogens is 280 g/mol. The molecule has 0 amide bonds. The Labute approximate surface area is 138 Å². The number of hydrogen-bond donors (Lipinski definition) is 2. The number of fused-ring (bicyclic) bond motifs is 2. The van der Waals surface area contributed by atoms with E-state index in [1.54, 1.807) is 0 Å². The third kappa shape index (κ3) is 2.60. The molecule has 0 radical (unpaired) electrons. The Bertz CT molecular complexity index is 682. The summed E-state index contributed by atoms with van der Waals surface area (Å²) in [6.07, 6.45) is 10.8. The molecule has 0 heterocycles. The topological polar surface area (TPSA) is 52.0 Å². The SMILES string of the molecule is Nc1ccc(Cc2ccc(N)c3c2CCCC3)c2c1CCCC2. The summed E-state index contributed by atoms with van der Waals surface area (Å²) in [5.41, 5.74) is 23.3. The molecule has 4 rings (SSSR count). The van der Waals surface area contributed by atoms with Gasteiger partial charge in [-0.2, -0.15) is 0 Å². The molecule has 2 heteroatoms. The third-order valence-corrected chi connectivity index (χ3v) is 5.72. The minimum absolute atomic E-state index is 0.989. The predicted octanol–water partition coefficient (Wildman–Crippen LogP) is 4.20. The predicted molar refractivity (Wildman–Crippen MR) is 97.8 cm³/mol. The highest BCUT2D eigenvalue weighted by Gasteiger charge is 2.19. The summed E-state index contributed by atoms with van der Waals surface area (Å²) in [7, 11) is 0. The third-order valence-electron chi connectivity index (χ3n) is 5.72. The minimum atomic E-state index is 0.989. The van der Waals surface area contributed by atoms with Crippen LogP contribution in [0.25, 0.3) is 0 Å². The molecule has 0 bridgehead atoms. The van der Waals surface area contributed by atoms with Crippen molar-refractivity contribution in [2.45, 2.75) is 57.8 Å². The van der Waals surface area contributed by atoms with Crippen LogP contribution in [0.5, 0.6) is 0 Å². The van der Waals surface area contributed by atoms with E-state index in [0.29, 0.717) is 0 Å². The van der Waals surface area contributed by atoms with Gasteiger partial charge < -0.3 is 11.5 Å². The molecule has 0 spiro atoms. The van der Waals surface area contributed by atoms with Gasteiger partial charge in [-0.25, -0.2) is 0 Å². The lowest BCUT2D eigenvalue weighted by molar-refractivity contribution is 0.675. The van der Waals surface area contributed by atoms with Crippen LogP contribution in [0.2, 0.25) is 0 Å². The van der Waals surface area contributed by atoms with Crippen molar-refractivity contribution >= 4 is 11.4 Å². The van der Waals surface area contributed by atoms with Gasteiger partial charge >= 0.3 is 0 Å². The lowest BCUT2D eigenvalue weighted by Gasteiger charge is -2.24. The standard InChI is InChI=1S/C21H26N2/c22-20-11-9-14(16-5-1-3-7-18(16)20)13-15-10-12-21(23)19-8-4-2-6-17(15)19/h9-12H,1-8,13,22-23H2. The maximum atomic E-state index is 6.22. The van der Waals surface area contributed by atoms with Crippen molar-refractivity contribution in [2.24, 2.45) is 0 Å². The highest BCUT2D eigenvalue weighted by atomic mass is 14.6. The lowest BCUT2D eigenvalue weighted by atomic mass is 9.82. The second-order valence-electron chi connectivity index (χ2n) is 7.13. The van der Waals surface area contributed by atoms with Crippen LogP contribution in [0.15, 0.2) is 24.3 Å². The van der Waals surface area contributed by atoms with Crippen LogP contribution in [0.1, 0.15) is 59.1 Å². The Morgan fingerprint density at radius 1 is 0.565 bits per heavy atom. The monoisotopic (exact) mass is 306 g/mol. The Morgan fingerprint density at radius 2 is 0.957 bits per heavy atom. The largest absolute Gasteiger partial charge is 0.398 e. The Kier molecular flexibility index (Phi) is 3.76. The van der Waals surface area contributed by atoms with E-state index in [1.807, 2.05) is 0 Å². The fourth-order valence-corrected chi connectivity index (χ4v) is 4.48. The molecule has 23 heavy (non-hydrogen) atoms. The molecule has 0 fully saturated rings. The van der Waals surface area contributed by atoms with Crippen LogP contribution in [0.3, 0.4) is 0 Å². The maximum absolute atomic E-state index is 6.22. The van der Waals surface area contributed by atoms with Crippen LogP contribution < -0.4 is 11.5 Å². The number of nitrogens with two attached hydrogens (primary N) is 2. The van der Waals surface area contributed by atoms with E-state index in [0.717, 1.165) is 30.6 Å². The molecule has 2 aliphatic carbocycles. The van der Waals surface area contributed by atoms with Crippen molar-refractivity contribution in [2.75, 3.05) is 11.5 Å². The maximum Gasteiger partial charge on any atom is 0.0349 e. The summed E-state index contributed by atoms with van der Waals surface area (Å²) in [4.78, 5) is 0. The molecule has 0 aromatic heterocycles. The highest BCUT2D eigenvalue weighted by molar-refractivity contribution is 5.58. The molecule has 0 saturated carbocycles. The average Bonchev–Trinajstić information content (AvgIpc) is 2.60. The fourth-order valence-electron chi connectivity index (χ4n) is 4.48. The number of nitrogen functional groups attached to an aromatic ring is 2. The molecular formula is C21H26N2. The van der Waals surface area contributed by atoms with Crippen molar-refractivity contribution in [1.82, 2.24) is 0 Å². The lowest BCUT2D eigenvalue weighted by Crippen LogP contribution is -2.12. The number of rotatable bonds is 2. The first-order valence-corrected chi connectivity index (χ1v) is 9.02. The van der Waals surface area contributed by atoms with Crippen molar-refractivity contribution in [3.8, 4) is 0 Å². The highest BCUT2D eigenvalue weighted by Crippen LogP contribution is 2.34. The quantitative estimate of drug-likeness (QED) is 0.817. The van der Waals surface area contributed by atoms with Crippen LogP contribution in [0, 0.1) is 0 Å². The Hall–Kier alpha value is -1.96. The van der Waals surface area contributed by atoms with Crippen molar-refractivity contribution in [3.05, 3.63) is 57.6 Å². The summed E-state index contributed by atoms with van der Waals surface area (Å²) in [5.74, 6) is 0. The molecule has 0 aliphatic heterocycles. The second-order valence-corrected chi connectivity index (χ2v) is 7.13.